The highest BCUT2D eigenvalue weighted by Crippen LogP contribution is 2.10. The molecule has 0 N–H and O–H groups in total. The third kappa shape index (κ3) is 2.95. The minimum atomic E-state index is -0.364. The summed E-state index contributed by atoms with van der Waals surface area (Å²) in [6, 6.07) is 18.4. The zero-order chi connectivity index (χ0) is 11.2. The van der Waals surface area contributed by atoms with Gasteiger partial charge in [0.1, 0.15) is 5.75 Å². The van der Waals surface area contributed by atoms with Crippen LogP contribution in [-0.2, 0) is 4.79 Å². The smallest absolute Gasteiger partial charge is 0.320 e. The fourth-order valence-corrected chi connectivity index (χ4v) is 1.32. The standard InChI is InChI=1S/C14H11O2/c15-14(11-12-7-3-1-4-8-12)16-13-9-5-2-6-10-13/h1-11H. The van der Waals surface area contributed by atoms with Crippen molar-refractivity contribution in [3.8, 4) is 5.75 Å². The summed E-state index contributed by atoms with van der Waals surface area (Å²) in [7, 11) is 0. The molecular weight excluding hydrogens is 200 g/mol. The van der Waals surface area contributed by atoms with Crippen molar-refractivity contribution in [2.24, 2.45) is 0 Å². The van der Waals surface area contributed by atoms with Crippen molar-refractivity contribution in [1.29, 1.82) is 0 Å². The van der Waals surface area contributed by atoms with E-state index in [1.807, 2.05) is 48.5 Å². The molecule has 0 unspecified atom stereocenters. The number of esters is 1. The Morgan fingerprint density at radius 2 is 1.44 bits per heavy atom. The van der Waals surface area contributed by atoms with Crippen LogP contribution in [0.2, 0.25) is 0 Å². The van der Waals surface area contributed by atoms with Crippen LogP contribution in [0, 0.1) is 6.42 Å². The maximum atomic E-state index is 11.5. The van der Waals surface area contributed by atoms with Crippen molar-refractivity contribution in [3.63, 3.8) is 0 Å². The van der Waals surface area contributed by atoms with Crippen LogP contribution in [0.3, 0.4) is 0 Å². The minimum absolute atomic E-state index is 0.364. The van der Waals surface area contributed by atoms with Crippen molar-refractivity contribution >= 4 is 5.97 Å². The van der Waals surface area contributed by atoms with Crippen molar-refractivity contribution in [2.45, 2.75) is 0 Å². The molecule has 1 radical (unpaired) electrons. The lowest BCUT2D eigenvalue weighted by Crippen LogP contribution is -2.08. The number of carbonyl (C=O) groups is 1. The van der Waals surface area contributed by atoms with Gasteiger partial charge in [-0.1, -0.05) is 48.5 Å². The van der Waals surface area contributed by atoms with E-state index in [4.69, 9.17) is 4.74 Å². The summed E-state index contributed by atoms with van der Waals surface area (Å²) in [4.78, 5) is 11.5. The molecule has 16 heavy (non-hydrogen) atoms. The third-order valence-corrected chi connectivity index (χ3v) is 2.05. The van der Waals surface area contributed by atoms with Gasteiger partial charge in [-0.2, -0.15) is 0 Å². The fourth-order valence-electron chi connectivity index (χ4n) is 1.32. The van der Waals surface area contributed by atoms with Crippen LogP contribution in [0.25, 0.3) is 0 Å². The van der Waals surface area contributed by atoms with Gasteiger partial charge < -0.3 is 4.74 Å². The number of benzene rings is 2. The SMILES string of the molecule is O=C([CH]c1ccccc1)Oc1ccccc1. The molecule has 0 aliphatic rings. The molecule has 0 aliphatic heterocycles. The molecule has 0 aliphatic carbocycles. The van der Waals surface area contributed by atoms with Crippen LogP contribution in [0.1, 0.15) is 5.56 Å². The molecule has 0 saturated heterocycles. The summed E-state index contributed by atoms with van der Waals surface area (Å²) in [6.07, 6.45) is 1.47. The molecule has 0 spiro atoms. The molecule has 0 fully saturated rings. The first-order chi connectivity index (χ1) is 7.84. The maximum absolute atomic E-state index is 11.5. The normalized spacial score (nSPS) is 9.75. The Morgan fingerprint density at radius 1 is 0.875 bits per heavy atom. The zero-order valence-electron chi connectivity index (χ0n) is 8.67. The minimum Gasteiger partial charge on any atom is -0.426 e. The Balaban J connectivity index is 1.95. The maximum Gasteiger partial charge on any atom is 0.320 e. The number of hydrogen-bond donors (Lipinski definition) is 0. The summed E-state index contributed by atoms with van der Waals surface area (Å²) in [6.45, 7) is 0. The Kier molecular flexibility index (Phi) is 3.34. The predicted octanol–water partition coefficient (Wildman–Crippen LogP) is 2.84. The molecule has 0 atom stereocenters. The van der Waals surface area contributed by atoms with Gasteiger partial charge in [0.05, 0.1) is 6.42 Å². The highest BCUT2D eigenvalue weighted by molar-refractivity contribution is 5.85. The second-order valence-electron chi connectivity index (χ2n) is 3.29. The lowest BCUT2D eigenvalue weighted by atomic mass is 10.2. The van der Waals surface area contributed by atoms with Gasteiger partial charge in [-0.05, 0) is 17.7 Å². The summed E-state index contributed by atoms with van der Waals surface area (Å²) < 4.78 is 5.12. The third-order valence-electron chi connectivity index (χ3n) is 2.05. The first-order valence-electron chi connectivity index (χ1n) is 5.01. The molecule has 0 saturated carbocycles. The highest BCUT2D eigenvalue weighted by Gasteiger charge is 2.05. The average molecular weight is 211 g/mol. The number of rotatable bonds is 3. The van der Waals surface area contributed by atoms with Crippen molar-refractivity contribution in [1.82, 2.24) is 0 Å². The first-order valence-corrected chi connectivity index (χ1v) is 5.01. The average Bonchev–Trinajstić information content (AvgIpc) is 2.31. The van der Waals surface area contributed by atoms with Crippen LogP contribution >= 0.6 is 0 Å². The summed E-state index contributed by atoms with van der Waals surface area (Å²) in [5.41, 5.74) is 0.837. The molecule has 0 amide bonds. The molecule has 2 heteroatoms. The van der Waals surface area contributed by atoms with Crippen LogP contribution in [0.4, 0.5) is 0 Å². The first kappa shape index (κ1) is 10.4. The van der Waals surface area contributed by atoms with Gasteiger partial charge in [-0.15, -0.1) is 0 Å². The van der Waals surface area contributed by atoms with Crippen molar-refractivity contribution in [2.75, 3.05) is 0 Å². The molecule has 0 heterocycles. The van der Waals surface area contributed by atoms with Crippen molar-refractivity contribution < 1.29 is 9.53 Å². The summed E-state index contributed by atoms with van der Waals surface area (Å²) in [5, 5.41) is 0. The zero-order valence-corrected chi connectivity index (χ0v) is 8.67. The summed E-state index contributed by atoms with van der Waals surface area (Å²) in [5.74, 6) is 0.192. The Labute approximate surface area is 94.5 Å². The van der Waals surface area contributed by atoms with Gasteiger partial charge in [0, 0.05) is 0 Å². The predicted molar refractivity (Wildman–Crippen MR) is 61.9 cm³/mol. The van der Waals surface area contributed by atoms with E-state index in [1.54, 1.807) is 12.1 Å². The van der Waals surface area contributed by atoms with Crippen molar-refractivity contribution in [3.05, 3.63) is 72.6 Å². The second kappa shape index (κ2) is 5.12. The highest BCUT2D eigenvalue weighted by atomic mass is 16.5. The molecule has 0 bridgehead atoms. The van der Waals surface area contributed by atoms with Gasteiger partial charge in [-0.3, -0.25) is 4.79 Å². The lowest BCUT2D eigenvalue weighted by molar-refractivity contribution is -0.130. The van der Waals surface area contributed by atoms with Gasteiger partial charge in [0.15, 0.2) is 0 Å². The van der Waals surface area contributed by atoms with E-state index in [2.05, 4.69) is 0 Å². The van der Waals surface area contributed by atoms with E-state index in [-0.39, 0.29) is 5.97 Å². The van der Waals surface area contributed by atoms with Crippen LogP contribution < -0.4 is 4.74 Å². The molecule has 2 rings (SSSR count). The van der Waals surface area contributed by atoms with E-state index < -0.39 is 0 Å². The molecule has 0 aromatic heterocycles. The van der Waals surface area contributed by atoms with Crippen LogP contribution in [-0.4, -0.2) is 5.97 Å². The van der Waals surface area contributed by atoms with Gasteiger partial charge >= 0.3 is 5.97 Å². The molecule has 79 valence electrons. The Bertz CT molecular complexity index is 405. The number of hydrogen-bond acceptors (Lipinski definition) is 2. The Morgan fingerprint density at radius 3 is 2.06 bits per heavy atom. The van der Waals surface area contributed by atoms with Crippen LogP contribution in [0.15, 0.2) is 60.7 Å². The monoisotopic (exact) mass is 211 g/mol. The number of carbonyl (C=O) groups excluding carboxylic acids is 1. The van der Waals surface area contributed by atoms with Gasteiger partial charge in [-0.25, -0.2) is 0 Å². The molecule has 2 aromatic carbocycles. The van der Waals surface area contributed by atoms with E-state index in [1.165, 1.54) is 6.42 Å². The van der Waals surface area contributed by atoms with Gasteiger partial charge in [0.2, 0.25) is 0 Å². The molecule has 2 nitrogen and oxygen atoms in total. The topological polar surface area (TPSA) is 26.3 Å². The quantitative estimate of drug-likeness (QED) is 0.576. The number of ether oxygens (including phenoxy) is 1. The largest absolute Gasteiger partial charge is 0.426 e. The fraction of sp³-hybridized carbons (Fsp3) is 0. The van der Waals surface area contributed by atoms with E-state index in [0.29, 0.717) is 5.75 Å². The van der Waals surface area contributed by atoms with E-state index >= 15 is 0 Å². The summed E-state index contributed by atoms with van der Waals surface area (Å²) >= 11 is 0. The van der Waals surface area contributed by atoms with E-state index in [9.17, 15) is 4.79 Å². The van der Waals surface area contributed by atoms with E-state index in [0.717, 1.165) is 5.56 Å². The molecule has 2 aromatic rings. The second-order valence-corrected chi connectivity index (χ2v) is 3.29. The van der Waals surface area contributed by atoms with Gasteiger partial charge in [0.25, 0.3) is 0 Å². The molecular formula is C14H11O2. The lowest BCUT2D eigenvalue weighted by Gasteiger charge is -2.03. The van der Waals surface area contributed by atoms with Crippen LogP contribution in [0.5, 0.6) is 5.75 Å². The Hall–Kier alpha value is -2.09. The number of para-hydroxylation sites is 1.